The molecule has 0 bridgehead atoms. The predicted octanol–water partition coefficient (Wildman–Crippen LogP) is 4.32. The highest BCUT2D eigenvalue weighted by molar-refractivity contribution is 5.94. The Morgan fingerprint density at radius 3 is 2.84 bits per heavy atom. The summed E-state index contributed by atoms with van der Waals surface area (Å²) in [7, 11) is 0. The molecule has 162 valence electrons. The molecular formula is C24H28N4O3. The third-order valence-corrected chi connectivity index (χ3v) is 5.46. The number of likely N-dealkylation sites (tertiary alicyclic amines) is 1. The minimum absolute atomic E-state index is 0.000532. The molecule has 3 heterocycles. The average Bonchev–Trinajstić information content (AvgIpc) is 3.22. The van der Waals surface area contributed by atoms with Crippen molar-refractivity contribution in [2.45, 2.75) is 46.1 Å². The van der Waals surface area contributed by atoms with E-state index in [0.29, 0.717) is 42.0 Å². The van der Waals surface area contributed by atoms with Gasteiger partial charge in [0, 0.05) is 37.3 Å². The van der Waals surface area contributed by atoms with Gasteiger partial charge in [-0.3, -0.25) is 4.79 Å². The largest absolute Gasteiger partial charge is 0.475 e. The number of pyridine rings is 1. The van der Waals surface area contributed by atoms with Crippen molar-refractivity contribution in [3.05, 3.63) is 59.6 Å². The minimum atomic E-state index is -0.000532. The highest BCUT2D eigenvalue weighted by Crippen LogP contribution is 2.24. The molecule has 0 spiro atoms. The molecule has 0 saturated carbocycles. The Labute approximate surface area is 182 Å². The van der Waals surface area contributed by atoms with Crippen molar-refractivity contribution < 1.29 is 14.1 Å². The molecule has 3 aromatic rings. The third-order valence-electron chi connectivity index (χ3n) is 5.46. The molecule has 4 rings (SSSR count). The quantitative estimate of drug-likeness (QED) is 0.591. The lowest BCUT2D eigenvalue weighted by atomic mass is 9.94. The van der Waals surface area contributed by atoms with Gasteiger partial charge in [0.2, 0.25) is 17.6 Å². The Morgan fingerprint density at radius 1 is 1.26 bits per heavy atom. The van der Waals surface area contributed by atoms with Crippen molar-refractivity contribution in [2.75, 3.05) is 13.1 Å². The van der Waals surface area contributed by atoms with Crippen LogP contribution in [0.1, 0.15) is 48.5 Å². The lowest BCUT2D eigenvalue weighted by Gasteiger charge is -2.32. The third kappa shape index (κ3) is 5.10. The van der Waals surface area contributed by atoms with Crippen LogP contribution in [0.15, 0.2) is 47.1 Å². The maximum atomic E-state index is 13.0. The van der Waals surface area contributed by atoms with E-state index in [1.54, 1.807) is 18.3 Å². The first-order valence-corrected chi connectivity index (χ1v) is 10.8. The van der Waals surface area contributed by atoms with Crippen LogP contribution >= 0.6 is 0 Å². The van der Waals surface area contributed by atoms with E-state index in [-0.39, 0.29) is 12.0 Å². The van der Waals surface area contributed by atoms with Gasteiger partial charge in [0.25, 0.3) is 5.91 Å². The molecule has 1 aliphatic rings. The SMILES string of the molecule is Cc1ccccc1-c1noc(C[C@H]2CCCN(C(=O)c3ccc(OC(C)C)nc3)C2)n1. The monoisotopic (exact) mass is 420 g/mol. The summed E-state index contributed by atoms with van der Waals surface area (Å²) in [4.78, 5) is 23.7. The van der Waals surface area contributed by atoms with Gasteiger partial charge in [-0.05, 0) is 51.2 Å². The zero-order valence-electron chi connectivity index (χ0n) is 18.2. The van der Waals surface area contributed by atoms with E-state index in [4.69, 9.17) is 9.26 Å². The summed E-state index contributed by atoms with van der Waals surface area (Å²) in [6.45, 7) is 7.35. The second kappa shape index (κ2) is 9.29. The van der Waals surface area contributed by atoms with Crippen molar-refractivity contribution in [3.63, 3.8) is 0 Å². The van der Waals surface area contributed by atoms with Crippen molar-refractivity contribution in [1.82, 2.24) is 20.0 Å². The number of carbonyl (C=O) groups is 1. The number of aromatic nitrogens is 3. The van der Waals surface area contributed by atoms with Crippen LogP contribution in [0, 0.1) is 12.8 Å². The molecule has 31 heavy (non-hydrogen) atoms. The van der Waals surface area contributed by atoms with Gasteiger partial charge in [0.15, 0.2) is 0 Å². The predicted molar refractivity (Wildman–Crippen MR) is 117 cm³/mol. The highest BCUT2D eigenvalue weighted by Gasteiger charge is 2.26. The molecule has 1 aliphatic heterocycles. The topological polar surface area (TPSA) is 81.4 Å². The second-order valence-electron chi connectivity index (χ2n) is 8.34. The fourth-order valence-electron chi connectivity index (χ4n) is 3.93. The number of aryl methyl sites for hydroxylation is 1. The van der Waals surface area contributed by atoms with Gasteiger partial charge < -0.3 is 14.2 Å². The Balaban J connectivity index is 1.39. The van der Waals surface area contributed by atoms with Crippen molar-refractivity contribution in [3.8, 4) is 17.3 Å². The van der Waals surface area contributed by atoms with E-state index < -0.39 is 0 Å². The molecule has 1 atom stereocenters. The number of hydrogen-bond acceptors (Lipinski definition) is 6. The molecule has 1 saturated heterocycles. The van der Waals surface area contributed by atoms with Crippen LogP contribution in [0.4, 0.5) is 0 Å². The molecule has 7 heteroatoms. The minimum Gasteiger partial charge on any atom is -0.475 e. The maximum Gasteiger partial charge on any atom is 0.255 e. The second-order valence-corrected chi connectivity index (χ2v) is 8.34. The normalized spacial score (nSPS) is 16.5. The number of carbonyl (C=O) groups excluding carboxylic acids is 1. The van der Waals surface area contributed by atoms with Crippen molar-refractivity contribution in [1.29, 1.82) is 0 Å². The van der Waals surface area contributed by atoms with E-state index in [1.807, 2.05) is 49.9 Å². The van der Waals surface area contributed by atoms with E-state index >= 15 is 0 Å². The van der Waals surface area contributed by atoms with Gasteiger partial charge in [-0.2, -0.15) is 4.98 Å². The highest BCUT2D eigenvalue weighted by atomic mass is 16.5. The first-order chi connectivity index (χ1) is 15.0. The van der Waals surface area contributed by atoms with Crippen molar-refractivity contribution in [2.24, 2.45) is 5.92 Å². The Hall–Kier alpha value is -3.22. The van der Waals surface area contributed by atoms with Crippen LogP contribution in [0.25, 0.3) is 11.4 Å². The lowest BCUT2D eigenvalue weighted by Crippen LogP contribution is -2.40. The summed E-state index contributed by atoms with van der Waals surface area (Å²) in [6, 6.07) is 11.5. The summed E-state index contributed by atoms with van der Waals surface area (Å²) in [5.41, 5.74) is 2.68. The Morgan fingerprint density at radius 2 is 2.10 bits per heavy atom. The van der Waals surface area contributed by atoms with E-state index in [1.165, 1.54) is 0 Å². The molecule has 0 radical (unpaired) electrons. The summed E-state index contributed by atoms with van der Waals surface area (Å²) in [5.74, 6) is 2.06. The van der Waals surface area contributed by atoms with Gasteiger partial charge in [0.05, 0.1) is 11.7 Å². The summed E-state index contributed by atoms with van der Waals surface area (Å²) in [5, 5.41) is 4.16. The number of hydrogen-bond donors (Lipinski definition) is 0. The van der Waals surface area contributed by atoms with Crippen LogP contribution in [0.5, 0.6) is 5.88 Å². The molecule has 0 N–H and O–H groups in total. The fourth-order valence-corrected chi connectivity index (χ4v) is 3.93. The lowest BCUT2D eigenvalue weighted by molar-refractivity contribution is 0.0667. The molecule has 2 aromatic heterocycles. The summed E-state index contributed by atoms with van der Waals surface area (Å²) < 4.78 is 11.1. The van der Waals surface area contributed by atoms with E-state index in [2.05, 4.69) is 15.1 Å². The van der Waals surface area contributed by atoms with Crippen LogP contribution in [0.2, 0.25) is 0 Å². The van der Waals surface area contributed by atoms with Gasteiger partial charge in [-0.15, -0.1) is 0 Å². The van der Waals surface area contributed by atoms with Gasteiger partial charge in [-0.25, -0.2) is 4.98 Å². The van der Waals surface area contributed by atoms with Crippen LogP contribution in [0.3, 0.4) is 0 Å². The first-order valence-electron chi connectivity index (χ1n) is 10.8. The summed E-state index contributed by atoms with van der Waals surface area (Å²) >= 11 is 0. The standard InChI is InChI=1S/C24H28N4O3/c1-16(2)30-21-11-10-19(14-25-21)24(29)28-12-6-8-18(15-28)13-22-26-23(27-31-22)20-9-5-4-7-17(20)3/h4-5,7,9-11,14,16,18H,6,8,12-13,15H2,1-3H3/t18-/m1/s1. The average molecular weight is 421 g/mol. The Bertz CT molecular complexity index is 1030. The first kappa shape index (κ1) is 21.0. The smallest absolute Gasteiger partial charge is 0.255 e. The maximum absolute atomic E-state index is 13.0. The van der Waals surface area contributed by atoms with Gasteiger partial charge in [-0.1, -0.05) is 29.4 Å². The van der Waals surface area contributed by atoms with E-state index in [9.17, 15) is 4.79 Å². The number of piperidine rings is 1. The van der Waals surface area contributed by atoms with Gasteiger partial charge in [0.1, 0.15) is 0 Å². The zero-order chi connectivity index (χ0) is 21.8. The molecule has 1 amide bonds. The van der Waals surface area contributed by atoms with Crippen LogP contribution in [-0.2, 0) is 6.42 Å². The molecule has 7 nitrogen and oxygen atoms in total. The molecule has 0 unspecified atom stereocenters. The van der Waals surface area contributed by atoms with E-state index in [0.717, 1.165) is 30.5 Å². The fraction of sp³-hybridized carbons (Fsp3) is 0.417. The number of amides is 1. The van der Waals surface area contributed by atoms with Crippen LogP contribution < -0.4 is 4.74 Å². The summed E-state index contributed by atoms with van der Waals surface area (Å²) in [6.07, 6.45) is 4.30. The van der Waals surface area contributed by atoms with Gasteiger partial charge >= 0.3 is 0 Å². The molecule has 0 aliphatic carbocycles. The number of ether oxygens (including phenoxy) is 1. The number of nitrogens with zero attached hydrogens (tertiary/aromatic N) is 4. The molecular weight excluding hydrogens is 392 g/mol. The van der Waals surface area contributed by atoms with Crippen LogP contribution in [-0.4, -0.2) is 45.1 Å². The molecule has 1 fully saturated rings. The Kier molecular flexibility index (Phi) is 6.30. The zero-order valence-corrected chi connectivity index (χ0v) is 18.2. The molecule has 1 aromatic carbocycles. The van der Waals surface area contributed by atoms with Crippen molar-refractivity contribution >= 4 is 5.91 Å². The number of benzene rings is 1. The number of rotatable bonds is 6.